The van der Waals surface area contributed by atoms with Crippen molar-refractivity contribution in [2.45, 2.75) is 19.5 Å². The molecule has 0 aromatic rings. The maximum atomic E-state index is 11.7. The normalized spacial score (nSPS) is 13.4. The third-order valence-electron chi connectivity index (χ3n) is 0.626. The molecule has 0 rings (SSSR count). The molecule has 0 saturated carbocycles. The number of carboxylic acids is 1. The highest BCUT2D eigenvalue weighted by Crippen LogP contribution is 1.93. The second kappa shape index (κ2) is 2.55. The highest BCUT2D eigenvalue weighted by Gasteiger charge is 2.10. The van der Waals surface area contributed by atoms with Crippen molar-refractivity contribution in [1.29, 1.82) is 0 Å². The summed E-state index contributed by atoms with van der Waals surface area (Å²) in [6.45, 7) is 1.48. The lowest BCUT2D eigenvalue weighted by Crippen LogP contribution is -2.11. The Morgan fingerprint density at radius 2 is 2.43 bits per heavy atom. The van der Waals surface area contributed by atoms with Gasteiger partial charge in [-0.1, -0.05) is 6.92 Å². The van der Waals surface area contributed by atoms with E-state index in [0.717, 1.165) is 0 Å². The smallest absolute Gasteiger partial charge is 0.338 e. The van der Waals surface area contributed by atoms with E-state index in [4.69, 9.17) is 5.11 Å². The number of hydrogen-bond donors (Lipinski definition) is 1. The lowest BCUT2D eigenvalue weighted by molar-refractivity contribution is -0.142. The molecule has 42 valence electrons. The third kappa shape index (κ3) is 2.14. The summed E-state index contributed by atoms with van der Waals surface area (Å²) in [5, 5.41) is 7.81. The van der Waals surface area contributed by atoms with Gasteiger partial charge in [-0.3, -0.25) is 0 Å². The first kappa shape index (κ1) is 6.40. The number of carbonyl (C=O) groups is 1. The lowest BCUT2D eigenvalue weighted by Gasteiger charge is -1.92. The Bertz CT molecular complexity index is 72.1. The Morgan fingerprint density at radius 1 is 2.00 bits per heavy atom. The number of rotatable bonds is 2. The summed E-state index contributed by atoms with van der Waals surface area (Å²) in [6.07, 6.45) is -1.63. The van der Waals surface area contributed by atoms with Crippen molar-refractivity contribution < 1.29 is 14.3 Å². The van der Waals surface area contributed by atoms with Crippen LogP contribution in [0.5, 0.6) is 0 Å². The van der Waals surface area contributed by atoms with Gasteiger partial charge < -0.3 is 5.11 Å². The zero-order valence-corrected chi connectivity index (χ0v) is 4.02. The van der Waals surface area contributed by atoms with E-state index in [1.165, 1.54) is 6.92 Å². The lowest BCUT2D eigenvalue weighted by atomic mass is 10.3. The molecule has 0 aliphatic carbocycles. The van der Waals surface area contributed by atoms with E-state index in [9.17, 15) is 9.18 Å². The van der Waals surface area contributed by atoms with E-state index < -0.39 is 12.1 Å². The van der Waals surface area contributed by atoms with Crippen molar-refractivity contribution in [3.63, 3.8) is 0 Å². The third-order valence-corrected chi connectivity index (χ3v) is 0.626. The Morgan fingerprint density at radius 3 is 2.43 bits per heavy atom. The van der Waals surface area contributed by atoms with Gasteiger partial charge in [0.25, 0.3) is 0 Å². The maximum absolute atomic E-state index is 11.7. The van der Waals surface area contributed by atoms with Crippen molar-refractivity contribution in [2.75, 3.05) is 0 Å². The molecule has 0 heterocycles. The predicted octanol–water partition coefficient (Wildman–Crippen LogP) is 0.819. The van der Waals surface area contributed by atoms with Gasteiger partial charge in [-0.15, -0.1) is 0 Å². The second-order valence-corrected chi connectivity index (χ2v) is 1.21. The summed E-state index contributed by atoms with van der Waals surface area (Å²) in [5.41, 5.74) is 0. The molecule has 0 aromatic carbocycles. The van der Waals surface area contributed by atoms with Gasteiger partial charge in [-0.05, 0) is 6.42 Å². The molecule has 0 fully saturated rings. The van der Waals surface area contributed by atoms with E-state index in [1.807, 2.05) is 0 Å². The first-order valence-electron chi connectivity index (χ1n) is 2.05. The van der Waals surface area contributed by atoms with Crippen LogP contribution < -0.4 is 0 Å². The number of hydrogen-bond acceptors (Lipinski definition) is 1. The van der Waals surface area contributed by atoms with Crippen LogP contribution in [0.2, 0.25) is 0 Å². The van der Waals surface area contributed by atoms with Crippen LogP contribution in [0.15, 0.2) is 0 Å². The number of carboxylic acid groups (broad SMARTS) is 1. The van der Waals surface area contributed by atoms with Crippen molar-refractivity contribution in [1.82, 2.24) is 0 Å². The molecule has 0 aliphatic heterocycles. The summed E-state index contributed by atoms with van der Waals surface area (Å²) >= 11 is 0. The fourth-order valence-corrected chi connectivity index (χ4v) is 0.175. The van der Waals surface area contributed by atoms with Gasteiger partial charge in [-0.2, -0.15) is 0 Å². The van der Waals surface area contributed by atoms with E-state index in [0.29, 0.717) is 0 Å². The average Bonchev–Trinajstić information content (AvgIpc) is 1.65. The van der Waals surface area contributed by atoms with Crippen LogP contribution in [0.4, 0.5) is 4.39 Å². The molecule has 0 radical (unpaired) electrons. The van der Waals surface area contributed by atoms with Crippen molar-refractivity contribution in [3.05, 3.63) is 0 Å². The SMILES string of the molecule is CCC([18F])C(=O)O. The van der Waals surface area contributed by atoms with Gasteiger partial charge in [0.2, 0.25) is 0 Å². The highest BCUT2D eigenvalue weighted by atomic mass is 18.2. The first-order valence-corrected chi connectivity index (χ1v) is 2.05. The van der Waals surface area contributed by atoms with Crippen LogP contribution in [-0.2, 0) is 4.79 Å². The maximum Gasteiger partial charge on any atom is 0.338 e. The van der Waals surface area contributed by atoms with E-state index in [-0.39, 0.29) is 6.42 Å². The summed E-state index contributed by atoms with van der Waals surface area (Å²) in [7, 11) is 0. The zero-order chi connectivity index (χ0) is 5.86. The fourth-order valence-electron chi connectivity index (χ4n) is 0.175. The van der Waals surface area contributed by atoms with E-state index >= 15 is 0 Å². The second-order valence-electron chi connectivity index (χ2n) is 1.21. The van der Waals surface area contributed by atoms with Crippen LogP contribution >= 0.6 is 0 Å². The predicted molar refractivity (Wildman–Crippen MR) is 22.8 cm³/mol. The first-order chi connectivity index (χ1) is 3.18. The number of halogens is 1. The van der Waals surface area contributed by atoms with Gasteiger partial charge >= 0.3 is 5.97 Å². The molecule has 2 nitrogen and oxygen atoms in total. The van der Waals surface area contributed by atoms with Crippen molar-refractivity contribution in [3.8, 4) is 0 Å². The topological polar surface area (TPSA) is 37.3 Å². The van der Waals surface area contributed by atoms with Crippen molar-refractivity contribution >= 4 is 5.97 Å². The molecular weight excluding hydrogens is 98.0 g/mol. The van der Waals surface area contributed by atoms with Gasteiger partial charge in [0.15, 0.2) is 6.17 Å². The highest BCUT2D eigenvalue weighted by molar-refractivity contribution is 5.71. The molecule has 0 amide bonds. The van der Waals surface area contributed by atoms with Crippen molar-refractivity contribution in [2.24, 2.45) is 0 Å². The molecule has 0 spiro atoms. The summed E-state index contributed by atoms with van der Waals surface area (Å²) in [5.74, 6) is -1.37. The van der Waals surface area contributed by atoms with Crippen LogP contribution in [0, 0.1) is 0 Å². The van der Waals surface area contributed by atoms with Crippen LogP contribution in [-0.4, -0.2) is 17.2 Å². The monoisotopic (exact) mass is 105 g/mol. The van der Waals surface area contributed by atoms with Gasteiger partial charge in [-0.25, -0.2) is 9.18 Å². The molecule has 0 bridgehead atoms. The molecule has 0 aliphatic rings. The molecule has 1 N–H and O–H groups in total. The summed E-state index contributed by atoms with van der Waals surface area (Å²) < 4.78 is 11.7. The largest absolute Gasteiger partial charge is 0.479 e. The Labute approximate surface area is 41.0 Å². The number of alkyl halides is 1. The average molecular weight is 105 g/mol. The molecular formula is C4H7FO2. The number of aliphatic carboxylic acids is 1. The molecule has 0 aromatic heterocycles. The Kier molecular flexibility index (Phi) is 2.33. The zero-order valence-electron chi connectivity index (χ0n) is 4.02. The van der Waals surface area contributed by atoms with Crippen LogP contribution in [0.25, 0.3) is 0 Å². The van der Waals surface area contributed by atoms with E-state index in [1.54, 1.807) is 0 Å². The minimum atomic E-state index is -1.68. The minimum absolute atomic E-state index is 0.0509. The molecule has 0 saturated heterocycles. The molecule has 3 heteroatoms. The summed E-state index contributed by atoms with van der Waals surface area (Å²) in [6, 6.07) is 0. The van der Waals surface area contributed by atoms with Crippen LogP contribution in [0.3, 0.4) is 0 Å². The molecule has 1 unspecified atom stereocenters. The van der Waals surface area contributed by atoms with Gasteiger partial charge in [0, 0.05) is 0 Å². The quantitative estimate of drug-likeness (QED) is 0.564. The fraction of sp³-hybridized carbons (Fsp3) is 0.750. The molecule has 1 atom stereocenters. The van der Waals surface area contributed by atoms with Crippen LogP contribution in [0.1, 0.15) is 13.3 Å². The summed E-state index contributed by atoms with van der Waals surface area (Å²) in [4.78, 5) is 9.56. The standard InChI is InChI=1S/C4H7FO2/c1-2-3(5)4(6)7/h3H,2H2,1H3,(H,6,7)/i5-1. The molecule has 7 heavy (non-hydrogen) atoms. The minimum Gasteiger partial charge on any atom is -0.479 e. The Hall–Kier alpha value is -0.600. The van der Waals surface area contributed by atoms with Gasteiger partial charge in [0.05, 0.1) is 0 Å². The van der Waals surface area contributed by atoms with Gasteiger partial charge in [0.1, 0.15) is 0 Å². The Balaban J connectivity index is 3.34. The van der Waals surface area contributed by atoms with E-state index in [2.05, 4.69) is 0 Å².